The first-order chi connectivity index (χ1) is 13.7. The van der Waals surface area contributed by atoms with Gasteiger partial charge in [0, 0.05) is 24.3 Å². The Bertz CT molecular complexity index is 771. The van der Waals surface area contributed by atoms with Crippen molar-refractivity contribution in [2.24, 2.45) is 5.92 Å². The third-order valence-electron chi connectivity index (χ3n) is 6.26. The quantitative estimate of drug-likeness (QED) is 0.728. The molecule has 0 radical (unpaired) electrons. The number of carbonyl (C=O) groups is 1. The third kappa shape index (κ3) is 5.31. The van der Waals surface area contributed by atoms with Gasteiger partial charge in [-0.2, -0.15) is 0 Å². The molecule has 156 valence electrons. The van der Waals surface area contributed by atoms with Crippen molar-refractivity contribution < 1.29 is 9.90 Å². The number of hydrogen-bond donors (Lipinski definition) is 1. The Kier molecular flexibility index (Phi) is 7.57. The van der Waals surface area contributed by atoms with Crippen LogP contribution in [0.2, 0.25) is 0 Å². The van der Waals surface area contributed by atoms with Crippen LogP contribution in [0.4, 0.5) is 11.4 Å². The molecule has 5 heteroatoms. The van der Waals surface area contributed by atoms with Crippen LogP contribution in [0.5, 0.6) is 0 Å². The smallest absolute Gasteiger partial charge is 0.303 e. The number of nitrogens with zero attached hydrogens (tertiary/aromatic N) is 2. The number of benzene rings is 2. The summed E-state index contributed by atoms with van der Waals surface area (Å²) >= 11 is 0. The zero-order valence-electron chi connectivity index (χ0n) is 16.9. The number of aryl methyl sites for hydroxylation is 2. The van der Waals surface area contributed by atoms with Gasteiger partial charge in [0.2, 0.25) is 0 Å². The van der Waals surface area contributed by atoms with E-state index < -0.39 is 5.97 Å². The Balaban J connectivity index is 0.00000240. The van der Waals surface area contributed by atoms with Gasteiger partial charge in [0.1, 0.15) is 0 Å². The van der Waals surface area contributed by atoms with E-state index in [4.69, 9.17) is 5.11 Å². The summed E-state index contributed by atoms with van der Waals surface area (Å²) < 4.78 is 0. The molecule has 1 N–H and O–H groups in total. The van der Waals surface area contributed by atoms with E-state index in [9.17, 15) is 4.79 Å². The van der Waals surface area contributed by atoms with Crippen molar-refractivity contribution in [3.63, 3.8) is 0 Å². The minimum absolute atomic E-state index is 0. The molecule has 4 nitrogen and oxygen atoms in total. The number of para-hydroxylation sites is 2. The molecule has 0 atom stereocenters. The molecule has 0 amide bonds. The first-order valence-corrected chi connectivity index (χ1v) is 10.6. The zero-order valence-corrected chi connectivity index (χ0v) is 17.7. The van der Waals surface area contributed by atoms with Crippen LogP contribution in [0.25, 0.3) is 0 Å². The van der Waals surface area contributed by atoms with E-state index in [0.717, 1.165) is 58.3 Å². The minimum atomic E-state index is -0.656. The van der Waals surface area contributed by atoms with Crippen LogP contribution in [-0.2, 0) is 17.6 Å². The fourth-order valence-corrected chi connectivity index (χ4v) is 4.72. The van der Waals surface area contributed by atoms with E-state index >= 15 is 0 Å². The van der Waals surface area contributed by atoms with Gasteiger partial charge in [-0.25, -0.2) is 0 Å². The Morgan fingerprint density at radius 1 is 0.897 bits per heavy atom. The summed E-state index contributed by atoms with van der Waals surface area (Å²) in [5, 5.41) is 8.98. The number of aliphatic carboxylic acids is 1. The van der Waals surface area contributed by atoms with Crippen molar-refractivity contribution in [1.29, 1.82) is 0 Å². The summed E-state index contributed by atoms with van der Waals surface area (Å²) in [7, 11) is 0. The van der Waals surface area contributed by atoms with Crippen LogP contribution in [0, 0.1) is 5.92 Å². The number of rotatable bonds is 6. The molecule has 0 bridgehead atoms. The Morgan fingerprint density at radius 2 is 1.45 bits per heavy atom. The summed E-state index contributed by atoms with van der Waals surface area (Å²) in [6.07, 6.45) is 5.67. The summed E-state index contributed by atoms with van der Waals surface area (Å²) in [5.74, 6) is -0.296. The first kappa shape index (κ1) is 21.7. The number of carboxylic acids is 1. The number of carboxylic acid groups (broad SMARTS) is 1. The highest BCUT2D eigenvalue weighted by Crippen LogP contribution is 2.36. The molecular formula is C24H31ClN2O2. The molecule has 2 aliphatic heterocycles. The van der Waals surface area contributed by atoms with Gasteiger partial charge in [-0.1, -0.05) is 36.4 Å². The lowest BCUT2D eigenvalue weighted by Gasteiger charge is -2.32. The average Bonchev–Trinajstić information content (AvgIpc) is 2.86. The number of likely N-dealkylation sites (tertiary alicyclic amines) is 1. The molecule has 0 saturated carbocycles. The fourth-order valence-electron chi connectivity index (χ4n) is 4.72. The molecule has 1 fully saturated rings. The van der Waals surface area contributed by atoms with E-state index in [1.807, 2.05) is 0 Å². The normalized spacial score (nSPS) is 17.0. The van der Waals surface area contributed by atoms with Gasteiger partial charge in [-0.15, -0.1) is 12.4 Å². The van der Waals surface area contributed by atoms with Crippen molar-refractivity contribution in [1.82, 2.24) is 4.90 Å². The predicted octanol–water partition coefficient (Wildman–Crippen LogP) is 4.92. The van der Waals surface area contributed by atoms with Crippen LogP contribution in [0.3, 0.4) is 0 Å². The molecule has 4 rings (SSSR count). The van der Waals surface area contributed by atoms with Gasteiger partial charge in [0.15, 0.2) is 0 Å². The van der Waals surface area contributed by atoms with Crippen molar-refractivity contribution >= 4 is 29.8 Å². The summed E-state index contributed by atoms with van der Waals surface area (Å²) in [6, 6.07) is 17.6. The SMILES string of the molecule is Cl.O=C(O)CC1CCN(CCCN2c3ccccc3CCc3ccccc32)CC1. The van der Waals surface area contributed by atoms with Crippen LogP contribution in [-0.4, -0.2) is 42.2 Å². The summed E-state index contributed by atoms with van der Waals surface area (Å²) in [4.78, 5) is 15.9. The molecular weight excluding hydrogens is 384 g/mol. The lowest BCUT2D eigenvalue weighted by molar-refractivity contribution is -0.138. The van der Waals surface area contributed by atoms with E-state index in [0.29, 0.717) is 12.3 Å². The number of halogens is 1. The van der Waals surface area contributed by atoms with Gasteiger partial charge in [-0.05, 0) is 80.9 Å². The van der Waals surface area contributed by atoms with Crippen molar-refractivity contribution in [3.05, 3.63) is 59.7 Å². The summed E-state index contributed by atoms with van der Waals surface area (Å²) in [5.41, 5.74) is 5.58. The van der Waals surface area contributed by atoms with Crippen LogP contribution in [0.1, 0.15) is 36.8 Å². The number of fused-ring (bicyclic) bond motifs is 2. The second kappa shape index (κ2) is 10.1. The second-order valence-electron chi connectivity index (χ2n) is 8.15. The molecule has 0 aromatic heterocycles. The first-order valence-electron chi connectivity index (χ1n) is 10.6. The highest BCUT2D eigenvalue weighted by atomic mass is 35.5. The van der Waals surface area contributed by atoms with E-state index in [-0.39, 0.29) is 12.4 Å². The van der Waals surface area contributed by atoms with Crippen molar-refractivity contribution in [2.45, 2.75) is 38.5 Å². The minimum Gasteiger partial charge on any atom is -0.481 e. The lowest BCUT2D eigenvalue weighted by Crippen LogP contribution is -2.36. The average molecular weight is 415 g/mol. The van der Waals surface area contributed by atoms with Crippen LogP contribution >= 0.6 is 12.4 Å². The molecule has 1 saturated heterocycles. The monoisotopic (exact) mass is 414 g/mol. The van der Waals surface area contributed by atoms with Gasteiger partial charge in [0.25, 0.3) is 0 Å². The molecule has 0 spiro atoms. The van der Waals surface area contributed by atoms with Crippen molar-refractivity contribution in [2.75, 3.05) is 31.1 Å². The number of piperidine rings is 1. The Morgan fingerprint density at radius 3 is 2.00 bits per heavy atom. The molecule has 2 heterocycles. The van der Waals surface area contributed by atoms with Gasteiger partial charge in [0.05, 0.1) is 0 Å². The topological polar surface area (TPSA) is 43.8 Å². The van der Waals surface area contributed by atoms with Crippen LogP contribution in [0.15, 0.2) is 48.5 Å². The lowest BCUT2D eigenvalue weighted by atomic mass is 9.93. The molecule has 29 heavy (non-hydrogen) atoms. The predicted molar refractivity (Wildman–Crippen MR) is 121 cm³/mol. The highest BCUT2D eigenvalue weighted by molar-refractivity contribution is 5.85. The summed E-state index contributed by atoms with van der Waals surface area (Å²) in [6.45, 7) is 4.17. The van der Waals surface area contributed by atoms with E-state index in [1.165, 1.54) is 22.5 Å². The van der Waals surface area contributed by atoms with Gasteiger partial charge < -0.3 is 14.9 Å². The maximum Gasteiger partial charge on any atom is 0.303 e. The number of hydrogen-bond acceptors (Lipinski definition) is 3. The number of anilines is 2. The Hall–Kier alpha value is -2.04. The molecule has 0 unspecified atom stereocenters. The van der Waals surface area contributed by atoms with Crippen LogP contribution < -0.4 is 4.90 Å². The van der Waals surface area contributed by atoms with E-state index in [1.54, 1.807) is 0 Å². The molecule has 0 aliphatic carbocycles. The second-order valence-corrected chi connectivity index (χ2v) is 8.15. The highest BCUT2D eigenvalue weighted by Gasteiger charge is 2.22. The third-order valence-corrected chi connectivity index (χ3v) is 6.26. The maximum atomic E-state index is 10.9. The van der Waals surface area contributed by atoms with Gasteiger partial charge in [-0.3, -0.25) is 4.79 Å². The fraction of sp³-hybridized carbons (Fsp3) is 0.458. The van der Waals surface area contributed by atoms with Crippen molar-refractivity contribution in [3.8, 4) is 0 Å². The van der Waals surface area contributed by atoms with Gasteiger partial charge >= 0.3 is 5.97 Å². The molecule has 2 aliphatic rings. The molecule has 2 aromatic carbocycles. The zero-order chi connectivity index (χ0) is 19.3. The van der Waals surface area contributed by atoms with E-state index in [2.05, 4.69) is 58.3 Å². The Labute approximate surface area is 179 Å². The standard InChI is InChI=1S/C24H30N2O2.ClH/c27-24(28)18-19-12-16-25(17-13-19)14-5-15-26-22-8-3-1-6-20(22)10-11-21-7-2-4-9-23(21)26;/h1-4,6-9,19H,5,10-18H2,(H,27,28);1H. The maximum absolute atomic E-state index is 10.9. The largest absolute Gasteiger partial charge is 0.481 e. The molecule has 2 aromatic rings.